The fraction of sp³-hybridized carbons (Fsp3) is 0.583. The SMILES string of the molecule is O=C(CC12CC(c3cc(C4CC(OC(F)(F)F)C4)no3)(C1)C2)[C@H]1C[C@@H](O)c2cc(Cl)ccc2O1. The quantitative estimate of drug-likeness (QED) is 0.577. The van der Waals surface area contributed by atoms with Gasteiger partial charge in [-0.2, -0.15) is 0 Å². The first kappa shape index (κ1) is 22.4. The number of ether oxygens (including phenoxy) is 2. The standard InChI is InChI=1S/C24H23ClF3NO5/c25-13-1-2-19-15(5-13)17(30)7-20(32-19)18(31)8-22-9-23(10-22,11-22)21-6-16(29-34-21)12-3-14(4-12)33-24(26,27)28/h1-2,5-6,12,14,17,20,30H,3-4,7-11H2/t12?,14?,17-,20-,22?,23?/m1/s1. The van der Waals surface area contributed by atoms with Gasteiger partial charge in [0.1, 0.15) is 11.5 Å². The lowest BCUT2D eigenvalue weighted by atomic mass is 9.33. The van der Waals surface area contributed by atoms with Crippen molar-refractivity contribution in [2.45, 2.75) is 81.0 Å². The van der Waals surface area contributed by atoms with Crippen LogP contribution >= 0.6 is 11.6 Å². The molecule has 0 spiro atoms. The third kappa shape index (κ3) is 3.72. The summed E-state index contributed by atoms with van der Waals surface area (Å²) < 4.78 is 52.4. The maximum atomic E-state index is 13.0. The highest BCUT2D eigenvalue weighted by molar-refractivity contribution is 6.30. The lowest BCUT2D eigenvalue weighted by Gasteiger charge is -2.69. The molecule has 182 valence electrons. The zero-order chi connectivity index (χ0) is 23.9. The van der Waals surface area contributed by atoms with Gasteiger partial charge >= 0.3 is 6.36 Å². The predicted octanol–water partition coefficient (Wildman–Crippen LogP) is 5.38. The molecule has 2 heterocycles. The molecule has 2 aromatic rings. The molecule has 0 saturated heterocycles. The van der Waals surface area contributed by atoms with Crippen molar-refractivity contribution >= 4 is 17.4 Å². The molecule has 0 radical (unpaired) electrons. The van der Waals surface area contributed by atoms with Gasteiger partial charge in [-0.3, -0.25) is 9.53 Å². The van der Waals surface area contributed by atoms with E-state index in [9.17, 15) is 23.1 Å². The van der Waals surface area contributed by atoms with Crippen LogP contribution in [0.1, 0.15) is 74.0 Å². The molecule has 1 aromatic heterocycles. The van der Waals surface area contributed by atoms with Gasteiger partial charge < -0.3 is 14.4 Å². The van der Waals surface area contributed by atoms with Gasteiger partial charge in [0.15, 0.2) is 11.9 Å². The maximum absolute atomic E-state index is 13.0. The van der Waals surface area contributed by atoms with Crippen LogP contribution in [0.3, 0.4) is 0 Å². The zero-order valence-electron chi connectivity index (χ0n) is 18.1. The molecule has 4 fully saturated rings. The minimum absolute atomic E-state index is 0.0172. The Bertz CT molecular complexity index is 1120. The molecule has 2 bridgehead atoms. The predicted molar refractivity (Wildman–Crippen MR) is 112 cm³/mol. The second-order valence-electron chi connectivity index (χ2n) is 10.5. The average Bonchev–Trinajstić information content (AvgIpc) is 3.14. The van der Waals surface area contributed by atoms with Crippen LogP contribution in [0.15, 0.2) is 28.8 Å². The maximum Gasteiger partial charge on any atom is 0.522 e. The van der Waals surface area contributed by atoms with E-state index in [0.717, 1.165) is 25.0 Å². The normalized spacial score (nSPS) is 35.9. The molecule has 34 heavy (non-hydrogen) atoms. The van der Waals surface area contributed by atoms with E-state index in [1.807, 2.05) is 6.07 Å². The zero-order valence-corrected chi connectivity index (χ0v) is 18.9. The van der Waals surface area contributed by atoms with Crippen LogP contribution in [0.5, 0.6) is 5.75 Å². The highest BCUT2D eigenvalue weighted by Crippen LogP contribution is 2.75. The summed E-state index contributed by atoms with van der Waals surface area (Å²) in [4.78, 5) is 13.0. The Kier molecular flexibility index (Phi) is 4.90. The van der Waals surface area contributed by atoms with Gasteiger partial charge in [-0.1, -0.05) is 16.8 Å². The monoisotopic (exact) mass is 497 g/mol. The lowest BCUT2D eigenvalue weighted by molar-refractivity contribution is -0.351. The van der Waals surface area contributed by atoms with Crippen LogP contribution in [0.2, 0.25) is 5.02 Å². The summed E-state index contributed by atoms with van der Waals surface area (Å²) in [5.41, 5.74) is 1.06. The lowest BCUT2D eigenvalue weighted by Crippen LogP contribution is -2.65. The number of ketones is 1. The van der Waals surface area contributed by atoms with Crippen LogP contribution in [0.25, 0.3) is 0 Å². The Morgan fingerprint density at radius 1 is 1.21 bits per heavy atom. The van der Waals surface area contributed by atoms with Gasteiger partial charge in [0.2, 0.25) is 0 Å². The Labute approximate surface area is 198 Å². The van der Waals surface area contributed by atoms with Gasteiger partial charge in [0.05, 0.1) is 17.9 Å². The number of halogens is 4. The second-order valence-corrected chi connectivity index (χ2v) is 10.9. The van der Waals surface area contributed by atoms with Gasteiger partial charge in [-0.05, 0) is 55.7 Å². The number of nitrogens with zero attached hydrogens (tertiary/aromatic N) is 1. The van der Waals surface area contributed by atoms with Crippen molar-refractivity contribution in [1.29, 1.82) is 0 Å². The van der Waals surface area contributed by atoms with E-state index in [1.165, 1.54) is 0 Å². The molecular formula is C24H23ClF3NO5. The topological polar surface area (TPSA) is 81.8 Å². The molecule has 1 aromatic carbocycles. The molecule has 5 aliphatic rings. The average molecular weight is 498 g/mol. The van der Waals surface area contributed by atoms with Crippen molar-refractivity contribution < 1.29 is 37.1 Å². The highest BCUT2D eigenvalue weighted by Gasteiger charge is 2.70. The molecule has 1 aliphatic heterocycles. The number of aromatic nitrogens is 1. The number of carbonyl (C=O) groups excluding carboxylic acids is 1. The number of hydrogen-bond acceptors (Lipinski definition) is 6. The van der Waals surface area contributed by atoms with Crippen LogP contribution in [-0.4, -0.2) is 34.6 Å². The van der Waals surface area contributed by atoms with Crippen LogP contribution in [-0.2, 0) is 14.9 Å². The first-order valence-electron chi connectivity index (χ1n) is 11.4. The number of Topliss-reactive ketones (excluding diaryl/α,β-unsaturated/α-hetero) is 1. The van der Waals surface area contributed by atoms with Crippen molar-refractivity contribution in [3.8, 4) is 5.75 Å². The summed E-state index contributed by atoms with van der Waals surface area (Å²) >= 11 is 5.99. The number of hydrogen-bond donors (Lipinski definition) is 1. The third-order valence-corrected chi connectivity index (χ3v) is 8.19. The van der Waals surface area contributed by atoms with Crippen molar-refractivity contribution in [2.75, 3.05) is 0 Å². The van der Waals surface area contributed by atoms with Crippen LogP contribution < -0.4 is 4.74 Å². The molecule has 10 heteroatoms. The number of aliphatic hydroxyl groups excluding tert-OH is 1. The molecule has 4 aliphatic carbocycles. The van der Waals surface area contributed by atoms with E-state index < -0.39 is 24.7 Å². The van der Waals surface area contributed by atoms with E-state index in [4.69, 9.17) is 20.9 Å². The summed E-state index contributed by atoms with van der Waals surface area (Å²) in [7, 11) is 0. The summed E-state index contributed by atoms with van der Waals surface area (Å²) in [6.45, 7) is 0. The minimum atomic E-state index is -4.61. The smallest absolute Gasteiger partial charge is 0.482 e. The Morgan fingerprint density at radius 2 is 1.94 bits per heavy atom. The fourth-order valence-electron chi connectivity index (χ4n) is 6.37. The molecule has 0 amide bonds. The van der Waals surface area contributed by atoms with E-state index in [0.29, 0.717) is 28.5 Å². The number of carbonyl (C=O) groups is 1. The van der Waals surface area contributed by atoms with E-state index in [2.05, 4.69) is 9.89 Å². The Morgan fingerprint density at radius 3 is 2.65 bits per heavy atom. The van der Waals surface area contributed by atoms with E-state index >= 15 is 0 Å². The van der Waals surface area contributed by atoms with Gasteiger partial charge in [-0.25, -0.2) is 0 Å². The largest absolute Gasteiger partial charge is 0.522 e. The minimum Gasteiger partial charge on any atom is -0.482 e. The van der Waals surface area contributed by atoms with Crippen molar-refractivity contribution in [3.63, 3.8) is 0 Å². The summed E-state index contributed by atoms with van der Waals surface area (Å²) in [5, 5.41) is 15.1. The summed E-state index contributed by atoms with van der Waals surface area (Å²) in [6.07, 6.45) is -3.33. The van der Waals surface area contributed by atoms with Gasteiger partial charge in [0.25, 0.3) is 0 Å². The number of aliphatic hydroxyl groups is 1. The van der Waals surface area contributed by atoms with E-state index in [-0.39, 0.29) is 41.8 Å². The number of alkyl halides is 3. The number of fused-ring (bicyclic) bond motifs is 1. The first-order chi connectivity index (χ1) is 16.0. The summed E-state index contributed by atoms with van der Waals surface area (Å²) in [6, 6.07) is 6.87. The molecular weight excluding hydrogens is 475 g/mol. The van der Waals surface area contributed by atoms with Crippen LogP contribution in [0, 0.1) is 5.41 Å². The Balaban J connectivity index is 1.03. The first-order valence-corrected chi connectivity index (χ1v) is 11.8. The van der Waals surface area contributed by atoms with Crippen molar-refractivity contribution in [1.82, 2.24) is 5.16 Å². The number of rotatable bonds is 6. The van der Waals surface area contributed by atoms with Gasteiger partial charge in [0, 0.05) is 40.8 Å². The molecule has 6 nitrogen and oxygen atoms in total. The van der Waals surface area contributed by atoms with E-state index in [1.54, 1.807) is 18.2 Å². The molecule has 4 saturated carbocycles. The molecule has 2 atom stereocenters. The van der Waals surface area contributed by atoms with Crippen molar-refractivity contribution in [3.05, 3.63) is 46.3 Å². The second kappa shape index (κ2) is 7.45. The summed E-state index contributed by atoms with van der Waals surface area (Å²) in [5.74, 6) is 1.15. The number of benzene rings is 1. The highest BCUT2D eigenvalue weighted by atomic mass is 35.5. The molecule has 1 N–H and O–H groups in total. The van der Waals surface area contributed by atoms with Crippen LogP contribution in [0.4, 0.5) is 13.2 Å². The fourth-order valence-corrected chi connectivity index (χ4v) is 6.55. The van der Waals surface area contributed by atoms with Gasteiger partial charge in [-0.15, -0.1) is 13.2 Å². The molecule has 0 unspecified atom stereocenters. The Hall–Kier alpha value is -2.10. The van der Waals surface area contributed by atoms with Crippen molar-refractivity contribution in [2.24, 2.45) is 5.41 Å². The third-order valence-electron chi connectivity index (χ3n) is 7.95. The molecule has 7 rings (SSSR count).